The lowest BCUT2D eigenvalue weighted by Crippen LogP contribution is -2.24. The number of hydroxylamine groups is 1. The number of anilines is 2. The number of ether oxygens (including phenoxy) is 1. The number of pyridine rings is 2. The third-order valence-corrected chi connectivity index (χ3v) is 6.43. The van der Waals surface area contributed by atoms with Crippen molar-refractivity contribution in [2.75, 3.05) is 5.32 Å². The van der Waals surface area contributed by atoms with Crippen LogP contribution in [0.2, 0.25) is 0 Å². The molecule has 0 aliphatic rings. The van der Waals surface area contributed by atoms with Crippen LogP contribution in [0.25, 0.3) is 22.2 Å². The van der Waals surface area contributed by atoms with Crippen molar-refractivity contribution < 1.29 is 14.4 Å². The smallest absolute Gasteiger partial charge is 0.293 e. The molecule has 0 saturated heterocycles. The highest BCUT2D eigenvalue weighted by Gasteiger charge is 2.12. The summed E-state index contributed by atoms with van der Waals surface area (Å²) < 4.78 is 8.04. The summed E-state index contributed by atoms with van der Waals surface area (Å²) in [7, 11) is 1.96. The molecule has 0 fully saturated rings. The third kappa shape index (κ3) is 6.05. The van der Waals surface area contributed by atoms with Crippen LogP contribution in [0.1, 0.15) is 16.1 Å². The molecule has 2 N–H and O–H groups in total. The first kappa shape index (κ1) is 25.7. The molecule has 0 atom stereocenters. The van der Waals surface area contributed by atoms with Gasteiger partial charge in [0.1, 0.15) is 17.2 Å². The number of nitrogens with zero attached hydrogens (tertiary/aromatic N) is 4. The van der Waals surface area contributed by atoms with Crippen molar-refractivity contribution in [1.82, 2.24) is 25.0 Å². The minimum absolute atomic E-state index is 0.176. The van der Waals surface area contributed by atoms with Gasteiger partial charge in [-0.25, -0.2) is 10.5 Å². The van der Waals surface area contributed by atoms with Crippen LogP contribution in [0, 0.1) is 0 Å². The molecule has 41 heavy (non-hydrogen) atoms. The predicted molar refractivity (Wildman–Crippen MR) is 157 cm³/mol. The first-order valence-electron chi connectivity index (χ1n) is 13.0. The van der Waals surface area contributed by atoms with Gasteiger partial charge in [0.2, 0.25) is 5.95 Å². The number of rotatable bonds is 9. The molecule has 202 valence electrons. The summed E-state index contributed by atoms with van der Waals surface area (Å²) in [6.45, 7) is 0.250. The van der Waals surface area contributed by atoms with Gasteiger partial charge in [-0.15, -0.1) is 0 Å². The molecule has 0 saturated carbocycles. The van der Waals surface area contributed by atoms with Crippen LogP contribution in [0.15, 0.2) is 116 Å². The molecule has 3 aromatic carbocycles. The van der Waals surface area contributed by atoms with Crippen LogP contribution in [0.5, 0.6) is 11.5 Å². The highest BCUT2D eigenvalue weighted by Crippen LogP contribution is 2.29. The van der Waals surface area contributed by atoms with Crippen molar-refractivity contribution in [3.05, 3.63) is 127 Å². The molecule has 6 rings (SSSR count). The maximum Gasteiger partial charge on any atom is 0.293 e. The summed E-state index contributed by atoms with van der Waals surface area (Å²) in [5.41, 5.74) is 8.34. The van der Waals surface area contributed by atoms with E-state index in [0.717, 1.165) is 33.4 Å². The second kappa shape index (κ2) is 11.7. The number of carbonyl (C=O) groups is 1. The van der Waals surface area contributed by atoms with Gasteiger partial charge >= 0.3 is 0 Å². The fourth-order valence-electron chi connectivity index (χ4n) is 4.35. The number of imidazole rings is 1. The van der Waals surface area contributed by atoms with Crippen LogP contribution >= 0.6 is 0 Å². The predicted octanol–water partition coefficient (Wildman–Crippen LogP) is 6.43. The highest BCUT2D eigenvalue weighted by molar-refractivity contribution is 5.91. The average molecular weight is 543 g/mol. The van der Waals surface area contributed by atoms with Crippen molar-refractivity contribution in [1.29, 1.82) is 0 Å². The van der Waals surface area contributed by atoms with Crippen molar-refractivity contribution in [2.45, 2.75) is 6.61 Å². The van der Waals surface area contributed by atoms with E-state index in [1.807, 2.05) is 84.4 Å². The van der Waals surface area contributed by atoms with E-state index in [2.05, 4.69) is 32.9 Å². The molecule has 0 unspecified atom stereocenters. The number of hydrogen-bond donors (Lipinski definition) is 2. The fourth-order valence-corrected chi connectivity index (χ4v) is 4.35. The third-order valence-electron chi connectivity index (χ3n) is 6.43. The number of amides is 1. The van der Waals surface area contributed by atoms with E-state index in [1.165, 1.54) is 6.20 Å². The van der Waals surface area contributed by atoms with E-state index in [-0.39, 0.29) is 12.3 Å². The lowest BCUT2D eigenvalue weighted by molar-refractivity contribution is 0.0229. The maximum absolute atomic E-state index is 12.5. The van der Waals surface area contributed by atoms with Gasteiger partial charge in [-0.1, -0.05) is 42.5 Å². The standard InChI is InChI=1S/C32H26N6O3/c1-38-30-11-10-26(41-27-14-17-34-29(20-27)31(39)37-40-21-22-6-3-2-4-7-22)19-28(30)36-32(38)35-25-9-5-8-24(18-25)23-12-15-33-16-13-23/h2-20H,21H2,1H3,(H,35,36)(H,37,39). The Labute approximate surface area is 236 Å². The monoisotopic (exact) mass is 542 g/mol. The quantitative estimate of drug-likeness (QED) is 0.203. The zero-order chi connectivity index (χ0) is 28.0. The Hall–Kier alpha value is -5.54. The minimum atomic E-state index is -0.463. The van der Waals surface area contributed by atoms with Gasteiger partial charge < -0.3 is 14.6 Å². The zero-order valence-corrected chi connectivity index (χ0v) is 22.2. The molecule has 9 nitrogen and oxygen atoms in total. The minimum Gasteiger partial charge on any atom is -0.457 e. The molecular weight excluding hydrogens is 516 g/mol. The summed E-state index contributed by atoms with van der Waals surface area (Å²) in [5, 5.41) is 3.42. The number of aromatic nitrogens is 4. The van der Waals surface area contributed by atoms with Gasteiger partial charge in [0.05, 0.1) is 17.6 Å². The van der Waals surface area contributed by atoms with Gasteiger partial charge in [-0.05, 0) is 59.2 Å². The van der Waals surface area contributed by atoms with E-state index in [1.54, 1.807) is 24.5 Å². The topological polar surface area (TPSA) is 103 Å². The Morgan fingerprint density at radius 1 is 0.829 bits per heavy atom. The number of carbonyl (C=O) groups excluding carboxylic acids is 1. The number of fused-ring (bicyclic) bond motifs is 1. The summed E-state index contributed by atoms with van der Waals surface area (Å²) in [6.07, 6.45) is 5.08. The Bertz CT molecular complexity index is 1810. The molecule has 0 radical (unpaired) electrons. The van der Waals surface area contributed by atoms with Gasteiger partial charge in [-0.3, -0.25) is 19.6 Å². The molecule has 1 amide bonds. The second-order valence-electron chi connectivity index (χ2n) is 9.27. The van der Waals surface area contributed by atoms with Crippen molar-refractivity contribution in [2.24, 2.45) is 7.05 Å². The molecule has 9 heteroatoms. The first-order chi connectivity index (χ1) is 20.1. The number of hydrogen-bond acceptors (Lipinski definition) is 7. The molecular formula is C32H26N6O3. The van der Waals surface area contributed by atoms with Crippen LogP contribution in [-0.2, 0) is 18.5 Å². The number of benzene rings is 3. The first-order valence-corrected chi connectivity index (χ1v) is 13.0. The molecule has 0 spiro atoms. The van der Waals surface area contributed by atoms with Gasteiger partial charge in [-0.2, -0.15) is 0 Å². The largest absolute Gasteiger partial charge is 0.457 e. The average Bonchev–Trinajstić information content (AvgIpc) is 3.32. The van der Waals surface area contributed by atoms with E-state index in [0.29, 0.717) is 17.4 Å². The Balaban J connectivity index is 1.14. The normalized spacial score (nSPS) is 10.9. The van der Waals surface area contributed by atoms with E-state index >= 15 is 0 Å². The molecule has 0 aliphatic carbocycles. The summed E-state index contributed by atoms with van der Waals surface area (Å²) in [4.78, 5) is 30.9. The summed E-state index contributed by atoms with van der Waals surface area (Å²) in [6, 6.07) is 30.6. The summed E-state index contributed by atoms with van der Waals surface area (Å²) >= 11 is 0. The van der Waals surface area contributed by atoms with Crippen molar-refractivity contribution in [3.8, 4) is 22.6 Å². The molecule has 0 bridgehead atoms. The molecule has 6 aromatic rings. The van der Waals surface area contributed by atoms with Gasteiger partial charge in [0, 0.05) is 43.5 Å². The van der Waals surface area contributed by atoms with E-state index in [4.69, 9.17) is 14.6 Å². The van der Waals surface area contributed by atoms with E-state index < -0.39 is 5.91 Å². The molecule has 3 aromatic heterocycles. The van der Waals surface area contributed by atoms with Crippen molar-refractivity contribution in [3.63, 3.8) is 0 Å². The highest BCUT2D eigenvalue weighted by atomic mass is 16.6. The van der Waals surface area contributed by atoms with Gasteiger partial charge in [0.25, 0.3) is 5.91 Å². The molecule has 0 aliphatic heterocycles. The zero-order valence-electron chi connectivity index (χ0n) is 22.2. The summed E-state index contributed by atoms with van der Waals surface area (Å²) in [5.74, 6) is 1.28. The second-order valence-corrected chi connectivity index (χ2v) is 9.27. The lowest BCUT2D eigenvalue weighted by Gasteiger charge is -2.09. The lowest BCUT2D eigenvalue weighted by atomic mass is 10.1. The Morgan fingerprint density at radius 3 is 2.51 bits per heavy atom. The maximum atomic E-state index is 12.5. The Kier molecular flexibility index (Phi) is 7.33. The Morgan fingerprint density at radius 2 is 1.66 bits per heavy atom. The molecule has 3 heterocycles. The van der Waals surface area contributed by atoms with Crippen LogP contribution in [0.4, 0.5) is 11.6 Å². The van der Waals surface area contributed by atoms with Crippen LogP contribution in [-0.4, -0.2) is 25.4 Å². The van der Waals surface area contributed by atoms with Gasteiger partial charge in [0.15, 0.2) is 0 Å². The SMILES string of the molecule is Cn1c(Nc2cccc(-c3ccncc3)c2)nc2cc(Oc3ccnc(C(=O)NOCc4ccccc4)c3)ccc21. The fraction of sp³-hybridized carbons (Fsp3) is 0.0625. The van der Waals surface area contributed by atoms with Crippen molar-refractivity contribution >= 4 is 28.6 Å². The number of aryl methyl sites for hydroxylation is 1. The van der Waals surface area contributed by atoms with Crippen LogP contribution < -0.4 is 15.5 Å². The number of nitrogens with one attached hydrogen (secondary N) is 2. The van der Waals surface area contributed by atoms with E-state index in [9.17, 15) is 4.79 Å². The van der Waals surface area contributed by atoms with Crippen LogP contribution in [0.3, 0.4) is 0 Å².